The van der Waals surface area contributed by atoms with Crippen LogP contribution in [0.4, 0.5) is 0 Å². The van der Waals surface area contributed by atoms with Gasteiger partial charge in [0.05, 0.1) is 44.2 Å². The van der Waals surface area contributed by atoms with Crippen molar-refractivity contribution >= 4 is 112 Å². The van der Waals surface area contributed by atoms with E-state index >= 15 is 0 Å². The lowest BCUT2D eigenvalue weighted by molar-refractivity contribution is -0.142. The van der Waals surface area contributed by atoms with Gasteiger partial charge in [0.2, 0.25) is 76.8 Å². The Morgan fingerprint density at radius 1 is 0.515 bits per heavy atom. The number of aliphatic imine (C=N–C) groups is 1. The molecule has 99 heavy (non-hydrogen) atoms. The number of rotatable bonds is 49. The second-order valence-corrected chi connectivity index (χ2v) is 25.1. The number of primary amides is 2. The Kier molecular flexibility index (Phi) is 39.4. The van der Waals surface area contributed by atoms with Crippen molar-refractivity contribution in [2.75, 3.05) is 43.7 Å². The summed E-state index contributed by atoms with van der Waals surface area (Å²) < 4.78 is 0. The third-order valence-corrected chi connectivity index (χ3v) is 16.4. The van der Waals surface area contributed by atoms with Crippen molar-refractivity contribution in [1.29, 1.82) is 0 Å². The zero-order valence-corrected chi connectivity index (χ0v) is 57.7. The summed E-state index contributed by atoms with van der Waals surface area (Å²) in [5, 5.41) is 57.9. The topological polar surface area (TPSA) is 658 Å². The first-order valence-electron chi connectivity index (χ1n) is 31.7. The molecule has 0 unspecified atom stereocenters. The number of aromatic amines is 2. The fourth-order valence-corrected chi connectivity index (χ4v) is 10.2. The molecule has 2 rings (SSSR count). The van der Waals surface area contributed by atoms with Gasteiger partial charge in [0, 0.05) is 43.2 Å². The third kappa shape index (κ3) is 31.9. The van der Waals surface area contributed by atoms with Crippen LogP contribution in [0.25, 0.3) is 0 Å². The number of thioether (sulfide) groups is 2. The number of carbonyl (C=O) groups is 14. The van der Waals surface area contributed by atoms with Gasteiger partial charge < -0.3 is 118 Å². The summed E-state index contributed by atoms with van der Waals surface area (Å²) in [5.41, 5.74) is 33.8. The number of unbranched alkanes of at least 4 members (excludes halogenated alkanes) is 1. The molecule has 0 aliphatic heterocycles. The van der Waals surface area contributed by atoms with E-state index in [4.69, 9.17) is 34.4 Å². The van der Waals surface area contributed by atoms with Gasteiger partial charge >= 0.3 is 5.97 Å². The van der Waals surface area contributed by atoms with Crippen LogP contribution in [-0.2, 0) is 80.0 Å². The van der Waals surface area contributed by atoms with Crippen LogP contribution in [0.3, 0.4) is 0 Å². The summed E-state index contributed by atoms with van der Waals surface area (Å²) in [6, 6.07) is -18.5. The Labute approximate surface area is 579 Å². The number of aliphatic hydroxyl groups excluding tert-OH is 2. The zero-order chi connectivity index (χ0) is 74.5. The lowest BCUT2D eigenvalue weighted by Gasteiger charge is -2.29. The number of aliphatic hydroxyl groups is 2. The molecular formula is C58H98N22O17S2. The van der Waals surface area contributed by atoms with Gasteiger partial charge in [-0.2, -0.15) is 23.5 Å². The van der Waals surface area contributed by atoms with Crippen LogP contribution in [0.15, 0.2) is 30.0 Å². The minimum Gasteiger partial charge on any atom is -0.480 e. The van der Waals surface area contributed by atoms with Gasteiger partial charge in [-0.3, -0.25) is 67.3 Å². The normalized spacial score (nSPS) is 15.3. The second kappa shape index (κ2) is 45.4. The van der Waals surface area contributed by atoms with E-state index in [1.165, 1.54) is 55.5 Å². The number of carboxylic acid groups (broad SMARTS) is 1. The number of aliphatic carboxylic acids is 1. The molecule has 2 aromatic heterocycles. The Hall–Kier alpha value is -9.19. The maximum absolute atomic E-state index is 14.4. The summed E-state index contributed by atoms with van der Waals surface area (Å²) in [4.78, 5) is 206. The monoisotopic (exact) mass is 1440 g/mol. The molecule has 39 nitrogen and oxygen atoms in total. The number of carboxylic acids is 1. The van der Waals surface area contributed by atoms with E-state index < -0.39 is 187 Å². The highest BCUT2D eigenvalue weighted by atomic mass is 32.2. The maximum atomic E-state index is 14.4. The molecule has 41 heteroatoms. The van der Waals surface area contributed by atoms with E-state index in [9.17, 15) is 82.4 Å². The van der Waals surface area contributed by atoms with E-state index in [-0.39, 0.29) is 76.1 Å². The Balaban J connectivity index is 2.44. The third-order valence-electron chi connectivity index (χ3n) is 15.1. The van der Waals surface area contributed by atoms with Gasteiger partial charge in [-0.1, -0.05) is 20.3 Å². The molecule has 0 fully saturated rings. The van der Waals surface area contributed by atoms with Crippen LogP contribution < -0.4 is 92.9 Å². The van der Waals surface area contributed by atoms with Crippen molar-refractivity contribution in [1.82, 2.24) is 78.4 Å². The number of guanidine groups is 1. The first kappa shape index (κ1) is 85.9. The molecule has 14 atom stereocenters. The SMILES string of the molecule is CC[C@H](C)[C@H](NC(=O)[C@H](CCSC)NC(=O)[C@H](CO)NC(=O)[C@@H](N)CC(N)=O)C(=O)N[C@@H](C)C(=O)N[C@@H](Cc1cnc[nH]1)C(=O)N[C@@H](CC(N)=O)C(=O)N[C@@H](CCCCN)C(=O)N[C@H](C(=O)N[C@@H](CCCN=C(N)N)C(=O)N[C@@H](CCSC)C(=O)N[C@@H](Cc1cnc[nH]1)C(=O)O)[C@@H](C)O. The number of amides is 13. The number of H-pyrrole nitrogens is 2. The molecule has 13 amide bonds. The van der Waals surface area contributed by atoms with Gasteiger partial charge in [-0.15, -0.1) is 0 Å². The fourth-order valence-electron chi connectivity index (χ4n) is 9.28. The zero-order valence-electron chi connectivity index (χ0n) is 56.1. The van der Waals surface area contributed by atoms with Crippen molar-refractivity contribution in [2.24, 2.45) is 45.3 Å². The molecule has 0 aliphatic carbocycles. The fraction of sp³-hybridized carbons (Fsp3) is 0.638. The quantitative estimate of drug-likeness (QED) is 0.0166. The van der Waals surface area contributed by atoms with Gasteiger partial charge in [0.15, 0.2) is 5.96 Å². The largest absolute Gasteiger partial charge is 0.480 e. The number of nitrogens with zero attached hydrogens (tertiary/aromatic N) is 3. The number of hydrogen-bond donors (Lipinski definition) is 22. The number of hydrogen-bond acceptors (Lipinski definition) is 23. The first-order chi connectivity index (χ1) is 46.8. The van der Waals surface area contributed by atoms with Crippen LogP contribution in [0.5, 0.6) is 0 Å². The molecule has 28 N–H and O–H groups in total. The Morgan fingerprint density at radius 3 is 1.38 bits per heavy atom. The van der Waals surface area contributed by atoms with Crippen LogP contribution in [0, 0.1) is 5.92 Å². The van der Waals surface area contributed by atoms with Crippen LogP contribution in [0.2, 0.25) is 0 Å². The van der Waals surface area contributed by atoms with E-state index in [2.05, 4.69) is 83.4 Å². The van der Waals surface area contributed by atoms with Crippen LogP contribution in [0.1, 0.15) is 103 Å². The molecule has 554 valence electrons. The maximum Gasteiger partial charge on any atom is 0.326 e. The number of aromatic nitrogens is 4. The summed E-state index contributed by atoms with van der Waals surface area (Å²) in [5.74, 6) is -14.7. The Morgan fingerprint density at radius 2 is 0.929 bits per heavy atom. The average Bonchev–Trinajstić information content (AvgIpc) is 1.48. The minimum atomic E-state index is -1.87. The first-order valence-corrected chi connectivity index (χ1v) is 34.5. The number of nitrogens with one attached hydrogen (secondary N) is 13. The van der Waals surface area contributed by atoms with Crippen molar-refractivity contribution in [3.05, 3.63) is 36.4 Å². The van der Waals surface area contributed by atoms with Crippen molar-refractivity contribution in [3.63, 3.8) is 0 Å². The van der Waals surface area contributed by atoms with Crippen molar-refractivity contribution < 1.29 is 82.4 Å². The van der Waals surface area contributed by atoms with E-state index in [0.29, 0.717) is 30.0 Å². The predicted molar refractivity (Wildman–Crippen MR) is 362 cm³/mol. The molecule has 0 radical (unpaired) electrons. The number of nitrogens with two attached hydrogens (primary N) is 6. The smallest absolute Gasteiger partial charge is 0.326 e. The molecule has 0 aromatic carbocycles. The molecule has 0 saturated carbocycles. The van der Waals surface area contributed by atoms with E-state index in [1.54, 1.807) is 26.4 Å². The van der Waals surface area contributed by atoms with E-state index in [1.807, 2.05) is 0 Å². The minimum absolute atomic E-state index is 0.00171. The molecule has 0 aliphatic rings. The average molecular weight is 1440 g/mol. The van der Waals surface area contributed by atoms with Gasteiger partial charge in [0.25, 0.3) is 0 Å². The molecule has 0 bridgehead atoms. The summed E-state index contributed by atoms with van der Waals surface area (Å²) in [6.07, 6.45) is 5.45. The highest BCUT2D eigenvalue weighted by Crippen LogP contribution is 2.14. The molecular weight excluding hydrogens is 1340 g/mol. The molecule has 0 saturated heterocycles. The summed E-state index contributed by atoms with van der Waals surface area (Å²) >= 11 is 2.63. The van der Waals surface area contributed by atoms with Crippen LogP contribution in [-0.4, -0.2) is 246 Å². The standard InChI is InChI=1S/C58H98N22O17S2/c1-7-28(2)44(79-51(90)37(14-18-99-6)73-54(93)41(25-81)78-47(86)33(60)21-42(61)83)55(94)70-29(3)46(85)75-38(19-31-23-65-26-68-31)52(91)76-39(22-43(62)84)53(92)71-34(11-8-9-15-59)50(89)80-45(30(4)82)56(95)74-35(12-10-16-67-58(63)64)48(87)72-36(13-17-98-5)49(88)77-40(57(96)97)20-32-24-66-27-69-32/h23-24,26-30,33-41,44-45,81-82H,7-22,25,59-60H2,1-6H3,(H2,61,83)(H2,62,84)(H,65,68)(H,66,69)(H,70,94)(H,71,92)(H,72,87)(H,73,93)(H,74,95)(H,75,85)(H,76,91)(H,77,88)(H,78,86)(H,79,90)(H,80,89)(H,96,97)(H4,63,64,67)/t28-,29-,30+,33-,34-,35-,36-,37-,38-,39-,40-,41-,44-,45-/m0/s1. The highest BCUT2D eigenvalue weighted by Gasteiger charge is 2.38. The summed E-state index contributed by atoms with van der Waals surface area (Å²) in [6.45, 7) is 4.86. The van der Waals surface area contributed by atoms with Gasteiger partial charge in [-0.05, 0) is 95.3 Å². The predicted octanol–water partition coefficient (Wildman–Crippen LogP) is -8.46. The second-order valence-electron chi connectivity index (χ2n) is 23.1. The molecule has 2 heterocycles. The highest BCUT2D eigenvalue weighted by molar-refractivity contribution is 7.98. The molecule has 2 aromatic rings. The van der Waals surface area contributed by atoms with Gasteiger partial charge in [0.1, 0.15) is 66.5 Å². The van der Waals surface area contributed by atoms with Crippen LogP contribution >= 0.6 is 23.5 Å². The number of imidazole rings is 2. The lowest BCUT2D eigenvalue weighted by Crippen LogP contribution is -2.62. The van der Waals surface area contributed by atoms with Crippen molar-refractivity contribution in [2.45, 2.75) is 183 Å². The summed E-state index contributed by atoms with van der Waals surface area (Å²) in [7, 11) is 0. The lowest BCUT2D eigenvalue weighted by atomic mass is 9.97. The molecule has 0 spiro atoms. The number of carbonyl (C=O) groups excluding carboxylic acids is 13. The van der Waals surface area contributed by atoms with Crippen molar-refractivity contribution in [3.8, 4) is 0 Å². The Bertz CT molecular complexity index is 3020. The van der Waals surface area contributed by atoms with E-state index in [0.717, 1.165) is 6.92 Å². The van der Waals surface area contributed by atoms with Gasteiger partial charge in [-0.25, -0.2) is 14.8 Å².